The Hall–Kier alpha value is 0. The molecule has 0 amide bonds. The minimum absolute atomic E-state index is 1.06. The molecule has 0 radical (unpaired) electrons. The molecule has 0 saturated heterocycles. The molecular weight excluding hydrogens is 192 g/mol. The summed E-state index contributed by atoms with van der Waals surface area (Å²) in [6, 6.07) is 0. The van der Waals surface area contributed by atoms with Crippen LogP contribution in [0.1, 0.15) is 52.4 Å². The summed E-state index contributed by atoms with van der Waals surface area (Å²) in [6.45, 7) is 5.00. The SMILES string of the molecule is CCC1CC(C)C2CC3C4CCC(C4)C3C12. The van der Waals surface area contributed by atoms with Crippen LogP contribution in [0.2, 0.25) is 0 Å². The molecule has 90 valence electrons. The number of hydrogen-bond donors (Lipinski definition) is 0. The summed E-state index contributed by atoms with van der Waals surface area (Å²) in [5, 5.41) is 0. The molecule has 4 aliphatic carbocycles. The van der Waals surface area contributed by atoms with Crippen LogP contribution >= 0.6 is 0 Å². The molecule has 0 heterocycles. The lowest BCUT2D eigenvalue weighted by Crippen LogP contribution is -2.26. The third-order valence-electron chi connectivity index (χ3n) is 7.12. The molecule has 4 fully saturated rings. The van der Waals surface area contributed by atoms with Crippen molar-refractivity contribution in [3.8, 4) is 0 Å². The second-order valence-electron chi connectivity index (χ2n) is 7.43. The van der Waals surface area contributed by atoms with Gasteiger partial charge in [-0.15, -0.1) is 0 Å². The molecule has 8 unspecified atom stereocenters. The lowest BCUT2D eigenvalue weighted by Gasteiger charge is -2.31. The van der Waals surface area contributed by atoms with Crippen LogP contribution in [-0.4, -0.2) is 0 Å². The molecule has 0 aliphatic heterocycles. The van der Waals surface area contributed by atoms with Crippen LogP contribution < -0.4 is 0 Å². The van der Waals surface area contributed by atoms with E-state index in [-0.39, 0.29) is 0 Å². The number of hydrogen-bond acceptors (Lipinski definition) is 0. The zero-order valence-electron chi connectivity index (χ0n) is 10.9. The van der Waals surface area contributed by atoms with E-state index < -0.39 is 0 Å². The van der Waals surface area contributed by atoms with Gasteiger partial charge >= 0.3 is 0 Å². The van der Waals surface area contributed by atoms with E-state index in [1.54, 1.807) is 32.1 Å². The van der Waals surface area contributed by atoms with Crippen molar-refractivity contribution < 1.29 is 0 Å². The molecule has 0 heteroatoms. The molecule has 4 rings (SSSR count). The van der Waals surface area contributed by atoms with E-state index in [9.17, 15) is 0 Å². The van der Waals surface area contributed by atoms with Crippen LogP contribution in [0.4, 0.5) is 0 Å². The maximum atomic E-state index is 2.55. The van der Waals surface area contributed by atoms with E-state index in [0.29, 0.717) is 0 Å². The highest BCUT2D eigenvalue weighted by Gasteiger charge is 2.60. The van der Waals surface area contributed by atoms with E-state index in [1.807, 2.05) is 0 Å². The minimum atomic E-state index is 1.06. The predicted molar refractivity (Wildman–Crippen MR) is 67.0 cm³/mol. The van der Waals surface area contributed by atoms with Gasteiger partial charge in [0.15, 0.2) is 0 Å². The molecule has 0 aromatic rings. The molecule has 4 saturated carbocycles. The van der Waals surface area contributed by atoms with E-state index in [2.05, 4.69) is 13.8 Å². The molecule has 0 N–H and O–H groups in total. The fourth-order valence-electron chi connectivity index (χ4n) is 6.68. The first kappa shape index (κ1) is 9.97. The summed E-state index contributed by atoms with van der Waals surface area (Å²) in [5.41, 5.74) is 0. The highest BCUT2D eigenvalue weighted by Crippen LogP contribution is 2.68. The second-order valence-corrected chi connectivity index (χ2v) is 7.43. The van der Waals surface area contributed by atoms with Crippen LogP contribution in [0, 0.1) is 47.3 Å². The molecule has 0 aromatic carbocycles. The van der Waals surface area contributed by atoms with Crippen molar-refractivity contribution in [2.75, 3.05) is 0 Å². The first-order chi connectivity index (χ1) is 7.79. The van der Waals surface area contributed by atoms with E-state index in [0.717, 1.165) is 17.8 Å². The Morgan fingerprint density at radius 3 is 2.50 bits per heavy atom. The number of rotatable bonds is 1. The molecule has 0 spiro atoms. The van der Waals surface area contributed by atoms with Crippen molar-refractivity contribution in [1.29, 1.82) is 0 Å². The van der Waals surface area contributed by atoms with Gasteiger partial charge in [0.05, 0.1) is 0 Å². The van der Waals surface area contributed by atoms with Crippen molar-refractivity contribution in [2.24, 2.45) is 47.3 Å². The Morgan fingerprint density at radius 2 is 1.69 bits per heavy atom. The summed E-state index contributed by atoms with van der Waals surface area (Å²) in [5.74, 6) is 9.19. The van der Waals surface area contributed by atoms with Gasteiger partial charge in [0.25, 0.3) is 0 Å². The van der Waals surface area contributed by atoms with Crippen LogP contribution in [-0.2, 0) is 0 Å². The zero-order chi connectivity index (χ0) is 10.9. The summed E-state index contributed by atoms with van der Waals surface area (Å²) in [4.78, 5) is 0. The lowest BCUT2D eigenvalue weighted by molar-refractivity contribution is 0.167. The monoisotopic (exact) mass is 218 g/mol. The van der Waals surface area contributed by atoms with Crippen molar-refractivity contribution in [1.82, 2.24) is 0 Å². The first-order valence-corrected chi connectivity index (χ1v) is 7.79. The van der Waals surface area contributed by atoms with Crippen molar-refractivity contribution >= 4 is 0 Å². The molecule has 4 aliphatic rings. The minimum Gasteiger partial charge on any atom is -0.0651 e. The van der Waals surface area contributed by atoms with Gasteiger partial charge in [-0.1, -0.05) is 20.3 Å². The van der Waals surface area contributed by atoms with Crippen LogP contribution in [0.15, 0.2) is 0 Å². The summed E-state index contributed by atoms with van der Waals surface area (Å²) >= 11 is 0. The van der Waals surface area contributed by atoms with Crippen LogP contribution in [0.5, 0.6) is 0 Å². The Bertz CT molecular complexity index is 294. The normalized spacial score (nSPS) is 62.6. The molecule has 8 atom stereocenters. The summed E-state index contributed by atoms with van der Waals surface area (Å²) in [7, 11) is 0. The van der Waals surface area contributed by atoms with E-state index >= 15 is 0 Å². The molecular formula is C16H26. The van der Waals surface area contributed by atoms with Gasteiger partial charge in [0, 0.05) is 0 Å². The maximum Gasteiger partial charge on any atom is -0.0321 e. The van der Waals surface area contributed by atoms with E-state index in [1.165, 1.54) is 36.0 Å². The standard InChI is InChI=1S/C16H26/c1-3-10-6-9(2)13-8-14-11-4-5-12(7-11)16(14)15(10)13/h9-16H,3-8H2,1-2H3. The van der Waals surface area contributed by atoms with Gasteiger partial charge in [0.1, 0.15) is 0 Å². The molecule has 2 bridgehead atoms. The smallest absolute Gasteiger partial charge is 0.0321 e. The second kappa shape index (κ2) is 3.27. The van der Waals surface area contributed by atoms with Crippen molar-refractivity contribution in [3.63, 3.8) is 0 Å². The van der Waals surface area contributed by atoms with Crippen molar-refractivity contribution in [2.45, 2.75) is 52.4 Å². The quantitative estimate of drug-likeness (QED) is 0.614. The third kappa shape index (κ3) is 1.07. The van der Waals surface area contributed by atoms with Crippen LogP contribution in [0.3, 0.4) is 0 Å². The maximum absolute atomic E-state index is 2.55. The van der Waals surface area contributed by atoms with Gasteiger partial charge in [-0.25, -0.2) is 0 Å². The fraction of sp³-hybridized carbons (Fsp3) is 1.00. The van der Waals surface area contributed by atoms with Gasteiger partial charge in [-0.2, -0.15) is 0 Å². The van der Waals surface area contributed by atoms with Gasteiger partial charge < -0.3 is 0 Å². The Morgan fingerprint density at radius 1 is 0.875 bits per heavy atom. The van der Waals surface area contributed by atoms with Gasteiger partial charge in [-0.05, 0) is 79.4 Å². The first-order valence-electron chi connectivity index (χ1n) is 7.79. The predicted octanol–water partition coefficient (Wildman–Crippen LogP) is 4.35. The largest absolute Gasteiger partial charge is 0.0651 e. The molecule has 16 heavy (non-hydrogen) atoms. The summed E-state index contributed by atoms with van der Waals surface area (Å²) in [6.07, 6.45) is 9.48. The molecule has 0 nitrogen and oxygen atoms in total. The van der Waals surface area contributed by atoms with Gasteiger partial charge in [-0.3, -0.25) is 0 Å². The number of fused-ring (bicyclic) bond motifs is 7. The highest BCUT2D eigenvalue weighted by atomic mass is 14.7. The van der Waals surface area contributed by atoms with Crippen LogP contribution in [0.25, 0.3) is 0 Å². The highest BCUT2D eigenvalue weighted by molar-refractivity contribution is 5.09. The fourth-order valence-corrected chi connectivity index (χ4v) is 6.68. The van der Waals surface area contributed by atoms with Gasteiger partial charge in [0.2, 0.25) is 0 Å². The third-order valence-corrected chi connectivity index (χ3v) is 7.12. The lowest BCUT2D eigenvalue weighted by atomic mass is 9.73. The van der Waals surface area contributed by atoms with Crippen molar-refractivity contribution in [3.05, 3.63) is 0 Å². The Kier molecular flexibility index (Phi) is 2.04. The Labute approximate surface area is 100 Å². The average molecular weight is 218 g/mol. The topological polar surface area (TPSA) is 0 Å². The average Bonchev–Trinajstić information content (AvgIpc) is 2.96. The molecule has 0 aromatic heterocycles. The Balaban J connectivity index is 1.67. The van der Waals surface area contributed by atoms with E-state index in [4.69, 9.17) is 0 Å². The summed E-state index contributed by atoms with van der Waals surface area (Å²) < 4.78 is 0. The zero-order valence-corrected chi connectivity index (χ0v) is 10.9.